The number of hydrogen-bond acceptors (Lipinski definition) is 3. The van der Waals surface area contributed by atoms with Gasteiger partial charge in [-0.1, -0.05) is 74.0 Å². The first-order valence-corrected chi connectivity index (χ1v) is 12.0. The lowest BCUT2D eigenvalue weighted by molar-refractivity contribution is -0.116. The highest BCUT2D eigenvalue weighted by Crippen LogP contribution is 2.28. The number of unbranched alkanes of at least 4 members (excludes halogenated alkanes) is 1. The van der Waals surface area contributed by atoms with Gasteiger partial charge in [-0.15, -0.1) is 0 Å². The molecule has 0 fully saturated rings. The summed E-state index contributed by atoms with van der Waals surface area (Å²) in [5.41, 5.74) is 2.71. The van der Waals surface area contributed by atoms with Crippen LogP contribution in [0.4, 0.5) is 5.69 Å². The van der Waals surface area contributed by atoms with Gasteiger partial charge in [-0.2, -0.15) is 0 Å². The molecule has 3 aromatic carbocycles. The fourth-order valence-corrected chi connectivity index (χ4v) is 4.45. The summed E-state index contributed by atoms with van der Waals surface area (Å²) in [6.45, 7) is 2.42. The fourth-order valence-electron chi connectivity index (χ4n) is 3.38. The standard InChI is InChI=1S/C25H28N2O3S/c1-2-3-18-26-31(29,30)23-16-14-22(15-17-23)27-25(28)19-24(20-10-6-4-7-11-20)21-12-8-5-9-13-21/h4-17,24,26H,2-3,18-19H2,1H3,(H,27,28). The third-order valence-electron chi connectivity index (χ3n) is 5.06. The molecule has 1 amide bonds. The molecular formula is C25H28N2O3S. The summed E-state index contributed by atoms with van der Waals surface area (Å²) < 4.78 is 27.2. The minimum absolute atomic E-state index is 0.0650. The monoisotopic (exact) mass is 436 g/mol. The second kappa shape index (κ2) is 10.9. The summed E-state index contributed by atoms with van der Waals surface area (Å²) in [4.78, 5) is 13.0. The molecule has 0 spiro atoms. The summed E-state index contributed by atoms with van der Waals surface area (Å²) in [5, 5.41) is 2.89. The molecular weight excluding hydrogens is 408 g/mol. The number of benzene rings is 3. The van der Waals surface area contributed by atoms with Gasteiger partial charge in [0.15, 0.2) is 0 Å². The summed E-state index contributed by atoms with van der Waals surface area (Å²) in [7, 11) is -3.53. The maximum atomic E-state index is 12.8. The number of rotatable bonds is 10. The number of nitrogens with one attached hydrogen (secondary N) is 2. The van der Waals surface area contributed by atoms with Crippen LogP contribution in [0.3, 0.4) is 0 Å². The molecule has 0 bridgehead atoms. The van der Waals surface area contributed by atoms with Crippen molar-refractivity contribution >= 4 is 21.6 Å². The van der Waals surface area contributed by atoms with Crippen molar-refractivity contribution in [1.29, 1.82) is 0 Å². The number of amides is 1. The first-order chi connectivity index (χ1) is 15.0. The maximum absolute atomic E-state index is 12.8. The van der Waals surface area contributed by atoms with Gasteiger partial charge in [-0.3, -0.25) is 4.79 Å². The van der Waals surface area contributed by atoms with Crippen LogP contribution in [0.25, 0.3) is 0 Å². The van der Waals surface area contributed by atoms with Crippen molar-refractivity contribution in [3.8, 4) is 0 Å². The second-order valence-corrected chi connectivity index (χ2v) is 9.17. The summed E-state index contributed by atoms with van der Waals surface area (Å²) in [5.74, 6) is -0.195. The van der Waals surface area contributed by atoms with Crippen molar-refractivity contribution in [3.05, 3.63) is 96.1 Å². The molecule has 5 nitrogen and oxygen atoms in total. The van der Waals surface area contributed by atoms with Gasteiger partial charge >= 0.3 is 0 Å². The fraction of sp³-hybridized carbons (Fsp3) is 0.240. The zero-order valence-corrected chi connectivity index (χ0v) is 18.4. The first kappa shape index (κ1) is 22.7. The smallest absolute Gasteiger partial charge is 0.240 e. The van der Waals surface area contributed by atoms with Crippen LogP contribution >= 0.6 is 0 Å². The Kier molecular flexibility index (Phi) is 7.98. The van der Waals surface area contributed by atoms with E-state index in [0.29, 0.717) is 12.2 Å². The predicted octanol–water partition coefficient (Wildman–Crippen LogP) is 4.93. The van der Waals surface area contributed by atoms with Crippen molar-refractivity contribution in [2.24, 2.45) is 0 Å². The second-order valence-electron chi connectivity index (χ2n) is 7.40. The van der Waals surface area contributed by atoms with Crippen molar-refractivity contribution in [1.82, 2.24) is 4.72 Å². The van der Waals surface area contributed by atoms with Gasteiger partial charge in [-0.05, 0) is 41.8 Å². The van der Waals surface area contributed by atoms with Crippen molar-refractivity contribution in [2.45, 2.75) is 37.0 Å². The normalized spacial score (nSPS) is 11.4. The Morgan fingerprint density at radius 3 is 1.90 bits per heavy atom. The van der Waals surface area contributed by atoms with E-state index >= 15 is 0 Å². The summed E-state index contributed by atoms with van der Waals surface area (Å²) in [6, 6.07) is 26.1. The molecule has 0 saturated heterocycles. The Morgan fingerprint density at radius 2 is 1.39 bits per heavy atom. The highest BCUT2D eigenvalue weighted by Gasteiger charge is 2.18. The number of carbonyl (C=O) groups is 1. The Balaban J connectivity index is 1.69. The molecule has 0 aliphatic carbocycles. The minimum Gasteiger partial charge on any atom is -0.326 e. The Morgan fingerprint density at radius 1 is 0.839 bits per heavy atom. The van der Waals surface area contributed by atoms with E-state index in [1.54, 1.807) is 12.1 Å². The van der Waals surface area contributed by atoms with Gasteiger partial charge in [0.25, 0.3) is 0 Å². The molecule has 0 saturated carbocycles. The highest BCUT2D eigenvalue weighted by molar-refractivity contribution is 7.89. The van der Waals surface area contributed by atoms with Crippen LogP contribution < -0.4 is 10.0 Å². The molecule has 6 heteroatoms. The summed E-state index contributed by atoms with van der Waals surface area (Å²) in [6.07, 6.45) is 1.99. The molecule has 3 rings (SSSR count). The van der Waals surface area contributed by atoms with E-state index in [0.717, 1.165) is 24.0 Å². The molecule has 0 unspecified atom stereocenters. The van der Waals surface area contributed by atoms with Crippen LogP contribution in [0, 0.1) is 0 Å². The van der Waals surface area contributed by atoms with Crippen LogP contribution in [0.15, 0.2) is 89.8 Å². The molecule has 0 aliphatic rings. The lowest BCUT2D eigenvalue weighted by Crippen LogP contribution is -2.24. The number of hydrogen-bond donors (Lipinski definition) is 2. The highest BCUT2D eigenvalue weighted by atomic mass is 32.2. The Labute approximate surface area is 184 Å². The van der Waals surface area contributed by atoms with E-state index in [4.69, 9.17) is 0 Å². The van der Waals surface area contributed by atoms with E-state index in [-0.39, 0.29) is 23.1 Å². The third-order valence-corrected chi connectivity index (χ3v) is 6.54. The van der Waals surface area contributed by atoms with Crippen molar-refractivity contribution in [2.75, 3.05) is 11.9 Å². The van der Waals surface area contributed by atoms with Crippen LogP contribution in [-0.2, 0) is 14.8 Å². The lowest BCUT2D eigenvalue weighted by atomic mass is 9.88. The van der Waals surface area contributed by atoms with E-state index in [2.05, 4.69) is 10.0 Å². The van der Waals surface area contributed by atoms with Crippen molar-refractivity contribution in [3.63, 3.8) is 0 Å². The van der Waals surface area contributed by atoms with Gasteiger partial charge < -0.3 is 5.32 Å². The number of sulfonamides is 1. The van der Waals surface area contributed by atoms with Gasteiger partial charge in [-0.25, -0.2) is 13.1 Å². The van der Waals surface area contributed by atoms with Crippen LogP contribution in [0.1, 0.15) is 43.2 Å². The molecule has 0 radical (unpaired) electrons. The topological polar surface area (TPSA) is 75.3 Å². The van der Waals surface area contributed by atoms with E-state index < -0.39 is 10.0 Å². The maximum Gasteiger partial charge on any atom is 0.240 e. The number of anilines is 1. The Hall–Kier alpha value is -2.96. The van der Waals surface area contributed by atoms with Gasteiger partial charge in [0.05, 0.1) is 4.90 Å². The summed E-state index contributed by atoms with van der Waals surface area (Å²) >= 11 is 0. The predicted molar refractivity (Wildman–Crippen MR) is 125 cm³/mol. The van der Waals surface area contributed by atoms with E-state index in [9.17, 15) is 13.2 Å². The largest absolute Gasteiger partial charge is 0.326 e. The van der Waals surface area contributed by atoms with Crippen LogP contribution in [0.2, 0.25) is 0 Å². The third kappa shape index (κ3) is 6.51. The average molecular weight is 437 g/mol. The molecule has 0 aliphatic heterocycles. The van der Waals surface area contributed by atoms with Crippen LogP contribution in [0.5, 0.6) is 0 Å². The molecule has 31 heavy (non-hydrogen) atoms. The quantitative estimate of drug-likeness (QED) is 0.443. The van der Waals surface area contributed by atoms with Crippen LogP contribution in [-0.4, -0.2) is 20.9 Å². The van der Waals surface area contributed by atoms with Crippen molar-refractivity contribution < 1.29 is 13.2 Å². The Bertz CT molecular complexity index is 1030. The molecule has 0 heterocycles. The molecule has 0 aromatic heterocycles. The molecule has 0 atom stereocenters. The van der Waals surface area contributed by atoms with E-state index in [1.807, 2.05) is 67.6 Å². The minimum atomic E-state index is -3.53. The van der Waals surface area contributed by atoms with Gasteiger partial charge in [0.2, 0.25) is 15.9 Å². The SMILES string of the molecule is CCCCNS(=O)(=O)c1ccc(NC(=O)CC(c2ccccc2)c2ccccc2)cc1. The molecule has 162 valence electrons. The first-order valence-electron chi connectivity index (χ1n) is 10.5. The lowest BCUT2D eigenvalue weighted by Gasteiger charge is -2.18. The van der Waals surface area contributed by atoms with E-state index in [1.165, 1.54) is 12.1 Å². The zero-order valence-electron chi connectivity index (χ0n) is 17.6. The number of carbonyl (C=O) groups excluding carboxylic acids is 1. The average Bonchev–Trinajstić information content (AvgIpc) is 2.79. The van der Waals surface area contributed by atoms with Gasteiger partial charge in [0.1, 0.15) is 0 Å². The molecule has 3 aromatic rings. The zero-order chi connectivity index (χ0) is 22.1. The molecule has 2 N–H and O–H groups in total. The van der Waals surface area contributed by atoms with Gasteiger partial charge in [0, 0.05) is 24.6 Å².